The smallest absolute Gasteiger partial charge is 0.306 e. The number of ether oxygens (including phenoxy) is 3. The Bertz CT molecular complexity index is 794. The van der Waals surface area contributed by atoms with Crippen molar-refractivity contribution in [3.8, 4) is 0 Å². The van der Waals surface area contributed by atoms with Crippen molar-refractivity contribution in [3.63, 3.8) is 0 Å². The highest BCUT2D eigenvalue weighted by Gasteiger charge is 2.19. The van der Waals surface area contributed by atoms with Crippen LogP contribution in [0.4, 0.5) is 0 Å². The Kier molecular flexibility index (Phi) is 35.6. The molecule has 0 amide bonds. The first-order valence-corrected chi connectivity index (χ1v) is 22.1. The van der Waals surface area contributed by atoms with Gasteiger partial charge in [-0.25, -0.2) is 0 Å². The molecule has 6 nitrogen and oxygen atoms in total. The Morgan fingerprint density at radius 1 is 0.392 bits per heavy atom. The highest BCUT2D eigenvalue weighted by atomic mass is 16.6. The molecule has 302 valence electrons. The maximum atomic E-state index is 12.7. The molecule has 0 aliphatic rings. The molecule has 0 saturated heterocycles. The molecule has 0 bridgehead atoms. The van der Waals surface area contributed by atoms with Crippen LogP contribution in [0.15, 0.2) is 0 Å². The third-order valence-electron chi connectivity index (χ3n) is 10.3. The fourth-order valence-corrected chi connectivity index (χ4v) is 6.49. The fourth-order valence-electron chi connectivity index (χ4n) is 6.49. The van der Waals surface area contributed by atoms with Gasteiger partial charge in [-0.2, -0.15) is 0 Å². The molecule has 0 spiro atoms. The topological polar surface area (TPSA) is 78.9 Å². The number of carbonyl (C=O) groups is 3. The summed E-state index contributed by atoms with van der Waals surface area (Å²) < 4.78 is 16.7. The van der Waals surface area contributed by atoms with Crippen LogP contribution in [0.3, 0.4) is 0 Å². The number of esters is 3. The van der Waals surface area contributed by atoms with Crippen LogP contribution in [-0.2, 0) is 28.6 Å². The molecule has 0 aromatic heterocycles. The standard InChI is InChI=1S/C45H86O6/c1-7-41(6)33-27-21-14-10-8-9-11-15-24-30-36-45(48)51-42(38-50-44(47)35-29-23-18-17-20-26-32-40(4)5)37-49-43(46)34-28-22-16-12-13-19-25-31-39(2)3/h39-42H,7-38H2,1-6H3/t41?,42-/m0/s1. The zero-order valence-corrected chi connectivity index (χ0v) is 34.9. The van der Waals surface area contributed by atoms with Crippen molar-refractivity contribution in [2.24, 2.45) is 17.8 Å². The van der Waals surface area contributed by atoms with Gasteiger partial charge in [-0.3, -0.25) is 14.4 Å². The summed E-state index contributed by atoms with van der Waals surface area (Å²) in [5, 5.41) is 0. The molecule has 0 heterocycles. The average molecular weight is 723 g/mol. The van der Waals surface area contributed by atoms with Gasteiger partial charge >= 0.3 is 17.9 Å². The van der Waals surface area contributed by atoms with Crippen LogP contribution in [-0.4, -0.2) is 37.2 Å². The Morgan fingerprint density at radius 2 is 0.686 bits per heavy atom. The van der Waals surface area contributed by atoms with Gasteiger partial charge < -0.3 is 14.2 Å². The lowest BCUT2D eigenvalue weighted by Crippen LogP contribution is -2.30. The molecule has 1 unspecified atom stereocenters. The predicted octanol–water partition coefficient (Wildman–Crippen LogP) is 13.7. The number of hydrogen-bond acceptors (Lipinski definition) is 6. The summed E-state index contributed by atoms with van der Waals surface area (Å²) in [4.78, 5) is 37.6. The van der Waals surface area contributed by atoms with Crippen LogP contribution in [0.2, 0.25) is 0 Å². The third kappa shape index (κ3) is 38.0. The molecule has 0 aromatic carbocycles. The Morgan fingerprint density at radius 3 is 1.02 bits per heavy atom. The molecule has 0 rings (SSSR count). The van der Waals surface area contributed by atoms with Crippen LogP contribution < -0.4 is 0 Å². The first kappa shape index (κ1) is 49.4. The van der Waals surface area contributed by atoms with Crippen molar-refractivity contribution in [3.05, 3.63) is 0 Å². The van der Waals surface area contributed by atoms with E-state index in [0.717, 1.165) is 75.5 Å². The van der Waals surface area contributed by atoms with Gasteiger partial charge in [-0.05, 0) is 37.0 Å². The van der Waals surface area contributed by atoms with Gasteiger partial charge in [-0.15, -0.1) is 0 Å². The van der Waals surface area contributed by atoms with E-state index in [0.29, 0.717) is 19.3 Å². The van der Waals surface area contributed by atoms with Crippen LogP contribution in [0, 0.1) is 17.8 Å². The van der Waals surface area contributed by atoms with Crippen molar-refractivity contribution in [2.45, 2.75) is 240 Å². The largest absolute Gasteiger partial charge is 0.462 e. The second-order valence-corrected chi connectivity index (χ2v) is 16.5. The van der Waals surface area contributed by atoms with Gasteiger partial charge in [0.1, 0.15) is 13.2 Å². The van der Waals surface area contributed by atoms with E-state index in [2.05, 4.69) is 41.5 Å². The summed E-state index contributed by atoms with van der Waals surface area (Å²) in [6, 6.07) is 0. The van der Waals surface area contributed by atoms with Gasteiger partial charge in [0, 0.05) is 19.3 Å². The SMILES string of the molecule is CCC(C)CCCCCCCCCCCCC(=O)O[C@@H](COC(=O)CCCCCCCCCC(C)C)COC(=O)CCCCCCCCC(C)C. The van der Waals surface area contributed by atoms with E-state index in [1.807, 2.05) is 0 Å². The minimum atomic E-state index is -0.762. The maximum absolute atomic E-state index is 12.7. The summed E-state index contributed by atoms with van der Waals surface area (Å²) in [6.45, 7) is 13.6. The highest BCUT2D eigenvalue weighted by molar-refractivity contribution is 5.71. The molecule has 0 saturated carbocycles. The minimum Gasteiger partial charge on any atom is -0.462 e. The second-order valence-electron chi connectivity index (χ2n) is 16.5. The first-order valence-electron chi connectivity index (χ1n) is 22.1. The van der Waals surface area contributed by atoms with Gasteiger partial charge in [0.2, 0.25) is 0 Å². The van der Waals surface area contributed by atoms with E-state index in [4.69, 9.17) is 14.2 Å². The molecule has 0 fully saturated rings. The van der Waals surface area contributed by atoms with Gasteiger partial charge in [0.05, 0.1) is 0 Å². The van der Waals surface area contributed by atoms with E-state index in [-0.39, 0.29) is 31.1 Å². The molecule has 0 aliphatic carbocycles. The van der Waals surface area contributed by atoms with Crippen LogP contribution in [0.25, 0.3) is 0 Å². The van der Waals surface area contributed by atoms with E-state index < -0.39 is 6.10 Å². The molecule has 0 aliphatic heterocycles. The van der Waals surface area contributed by atoms with Crippen LogP contribution >= 0.6 is 0 Å². The Balaban J connectivity index is 4.34. The zero-order valence-electron chi connectivity index (χ0n) is 34.9. The summed E-state index contributed by atoms with van der Waals surface area (Å²) >= 11 is 0. The quantitative estimate of drug-likeness (QED) is 0.0359. The van der Waals surface area contributed by atoms with Gasteiger partial charge in [0.25, 0.3) is 0 Å². The number of rotatable bonds is 38. The number of hydrogen-bond donors (Lipinski definition) is 0. The molecule has 0 radical (unpaired) electrons. The lowest BCUT2D eigenvalue weighted by molar-refractivity contribution is -0.167. The van der Waals surface area contributed by atoms with Crippen molar-refractivity contribution < 1.29 is 28.6 Å². The highest BCUT2D eigenvalue weighted by Crippen LogP contribution is 2.17. The number of carbonyl (C=O) groups excluding carboxylic acids is 3. The van der Waals surface area contributed by atoms with E-state index >= 15 is 0 Å². The molecular weight excluding hydrogens is 636 g/mol. The predicted molar refractivity (Wildman–Crippen MR) is 215 cm³/mol. The number of unbranched alkanes of at least 4 members (excludes halogenated alkanes) is 20. The molecule has 0 aromatic rings. The fraction of sp³-hybridized carbons (Fsp3) is 0.933. The monoisotopic (exact) mass is 723 g/mol. The summed E-state index contributed by atoms with van der Waals surface area (Å²) in [5.74, 6) is 1.54. The van der Waals surface area contributed by atoms with Crippen LogP contribution in [0.1, 0.15) is 234 Å². The second kappa shape index (κ2) is 36.8. The molecule has 0 N–H and O–H groups in total. The normalized spacial score (nSPS) is 12.7. The van der Waals surface area contributed by atoms with Crippen LogP contribution in [0.5, 0.6) is 0 Å². The molecule has 6 heteroatoms. The van der Waals surface area contributed by atoms with Crippen molar-refractivity contribution in [1.29, 1.82) is 0 Å². The lowest BCUT2D eigenvalue weighted by Gasteiger charge is -2.18. The molecule has 2 atom stereocenters. The summed E-state index contributed by atoms with van der Waals surface area (Å²) in [6.07, 6.45) is 32.4. The lowest BCUT2D eigenvalue weighted by atomic mass is 9.99. The van der Waals surface area contributed by atoms with E-state index in [9.17, 15) is 14.4 Å². The Labute approximate surface area is 317 Å². The van der Waals surface area contributed by atoms with E-state index in [1.54, 1.807) is 0 Å². The molecular formula is C45H86O6. The van der Waals surface area contributed by atoms with Crippen molar-refractivity contribution in [2.75, 3.05) is 13.2 Å². The Hall–Kier alpha value is -1.59. The summed E-state index contributed by atoms with van der Waals surface area (Å²) in [5.41, 5.74) is 0. The molecule has 51 heavy (non-hydrogen) atoms. The maximum Gasteiger partial charge on any atom is 0.306 e. The van der Waals surface area contributed by atoms with Crippen molar-refractivity contribution in [1.82, 2.24) is 0 Å². The minimum absolute atomic E-state index is 0.0677. The third-order valence-corrected chi connectivity index (χ3v) is 10.3. The van der Waals surface area contributed by atoms with Gasteiger partial charge in [0.15, 0.2) is 6.10 Å². The zero-order chi connectivity index (χ0) is 37.8. The van der Waals surface area contributed by atoms with Gasteiger partial charge in [-0.1, -0.05) is 196 Å². The van der Waals surface area contributed by atoms with Crippen molar-refractivity contribution >= 4 is 17.9 Å². The first-order chi connectivity index (χ1) is 24.6. The van der Waals surface area contributed by atoms with E-state index in [1.165, 1.54) is 116 Å². The summed E-state index contributed by atoms with van der Waals surface area (Å²) in [7, 11) is 0. The average Bonchev–Trinajstić information content (AvgIpc) is 3.09.